The Morgan fingerprint density at radius 1 is 1.26 bits per heavy atom. The van der Waals surface area contributed by atoms with Crippen molar-refractivity contribution in [3.63, 3.8) is 0 Å². The number of carbonyl (C=O) groups is 1. The lowest BCUT2D eigenvalue weighted by Gasteiger charge is -2.22. The molecular formula is C19H28N4O3S. The van der Waals surface area contributed by atoms with Crippen molar-refractivity contribution >= 4 is 21.6 Å². The van der Waals surface area contributed by atoms with Crippen molar-refractivity contribution in [3.05, 3.63) is 23.8 Å². The van der Waals surface area contributed by atoms with Crippen LogP contribution in [0.3, 0.4) is 0 Å². The molecule has 27 heavy (non-hydrogen) atoms. The van der Waals surface area contributed by atoms with Crippen LogP contribution < -0.4 is 5.32 Å². The van der Waals surface area contributed by atoms with Crippen LogP contribution in [0.25, 0.3) is 0 Å². The number of carbonyl (C=O) groups excluding carboxylic acids is 1. The molecule has 0 atom stereocenters. The number of anilines is 1. The molecule has 7 nitrogen and oxygen atoms in total. The molecule has 1 aromatic carbocycles. The van der Waals surface area contributed by atoms with Crippen molar-refractivity contribution in [1.82, 2.24) is 9.21 Å². The van der Waals surface area contributed by atoms with E-state index in [1.807, 2.05) is 6.07 Å². The van der Waals surface area contributed by atoms with E-state index < -0.39 is 10.0 Å². The minimum atomic E-state index is -3.57. The van der Waals surface area contributed by atoms with E-state index in [2.05, 4.69) is 5.32 Å². The lowest BCUT2D eigenvalue weighted by molar-refractivity contribution is -0.117. The first kappa shape index (κ1) is 21.4. The molecule has 0 saturated carbocycles. The maximum Gasteiger partial charge on any atom is 0.243 e. The number of benzene rings is 1. The predicted molar refractivity (Wildman–Crippen MR) is 105 cm³/mol. The summed E-state index contributed by atoms with van der Waals surface area (Å²) >= 11 is 0. The number of hydrogen-bond donors (Lipinski definition) is 1. The van der Waals surface area contributed by atoms with Gasteiger partial charge in [-0.05, 0) is 44.5 Å². The van der Waals surface area contributed by atoms with E-state index in [-0.39, 0.29) is 17.3 Å². The van der Waals surface area contributed by atoms with E-state index in [1.54, 1.807) is 41.4 Å². The van der Waals surface area contributed by atoms with Gasteiger partial charge in [0.15, 0.2) is 0 Å². The molecule has 0 bridgehead atoms. The summed E-state index contributed by atoms with van der Waals surface area (Å²) in [6.07, 6.45) is 4.22. The van der Waals surface area contributed by atoms with Gasteiger partial charge in [0, 0.05) is 31.7 Å². The standard InChI is InChI=1S/C19H28N4O3S/c1-16-8-9-17(21-19(24)15-22(2)11-7-10-20)14-18(16)27(25,26)23-12-5-3-4-6-13-23/h8-9,14H,3-7,11-13,15H2,1-2H3,(H,21,24). The summed E-state index contributed by atoms with van der Waals surface area (Å²) in [7, 11) is -1.81. The molecule has 1 fully saturated rings. The Labute approximate surface area is 162 Å². The van der Waals surface area contributed by atoms with E-state index in [0.29, 0.717) is 37.3 Å². The topological polar surface area (TPSA) is 93.5 Å². The normalized spacial score (nSPS) is 15.9. The fraction of sp³-hybridized carbons (Fsp3) is 0.579. The van der Waals surface area contributed by atoms with Gasteiger partial charge in [0.05, 0.1) is 17.5 Å². The van der Waals surface area contributed by atoms with E-state index in [4.69, 9.17) is 5.26 Å². The minimum Gasteiger partial charge on any atom is -0.325 e. The summed E-state index contributed by atoms with van der Waals surface area (Å²) in [5.41, 5.74) is 1.14. The third-order valence-corrected chi connectivity index (χ3v) is 6.71. The highest BCUT2D eigenvalue weighted by Gasteiger charge is 2.27. The third-order valence-electron chi connectivity index (χ3n) is 4.67. The molecule has 148 valence electrons. The smallest absolute Gasteiger partial charge is 0.243 e. The second kappa shape index (κ2) is 9.83. The SMILES string of the molecule is Cc1ccc(NC(=O)CN(C)CCC#N)cc1S(=O)(=O)N1CCCCCC1. The first-order valence-corrected chi connectivity index (χ1v) is 10.7. The molecule has 0 aromatic heterocycles. The zero-order valence-corrected chi connectivity index (χ0v) is 16.9. The molecule has 1 aromatic rings. The van der Waals surface area contributed by atoms with Crippen LogP contribution in [0, 0.1) is 18.3 Å². The molecule has 1 aliphatic rings. The summed E-state index contributed by atoms with van der Waals surface area (Å²) < 4.78 is 27.7. The molecule has 0 aliphatic carbocycles. The van der Waals surface area contributed by atoms with Crippen molar-refractivity contribution in [3.8, 4) is 6.07 Å². The number of likely N-dealkylation sites (N-methyl/N-ethyl adjacent to an activating group) is 1. The summed E-state index contributed by atoms with van der Waals surface area (Å²) in [5.74, 6) is -0.239. The Balaban J connectivity index is 2.13. The second-order valence-corrected chi connectivity index (χ2v) is 8.90. The van der Waals surface area contributed by atoms with E-state index in [9.17, 15) is 13.2 Å². The van der Waals surface area contributed by atoms with Crippen LogP contribution in [-0.2, 0) is 14.8 Å². The minimum absolute atomic E-state index is 0.143. The number of nitriles is 1. The van der Waals surface area contributed by atoms with Crippen molar-refractivity contribution in [2.24, 2.45) is 0 Å². The number of nitrogens with one attached hydrogen (secondary N) is 1. The first-order chi connectivity index (χ1) is 12.8. The van der Waals surface area contributed by atoms with Gasteiger partial charge in [-0.25, -0.2) is 8.42 Å². The summed E-state index contributed by atoms with van der Waals surface area (Å²) in [6, 6.07) is 7.02. The van der Waals surface area contributed by atoms with Crippen LogP contribution in [0.5, 0.6) is 0 Å². The number of nitrogens with zero attached hydrogens (tertiary/aromatic N) is 3. The van der Waals surface area contributed by atoms with Crippen LogP contribution in [-0.4, -0.2) is 56.8 Å². The number of rotatable bonds is 7. The monoisotopic (exact) mass is 392 g/mol. The van der Waals surface area contributed by atoms with E-state index >= 15 is 0 Å². The molecule has 0 unspecified atom stereocenters. The molecule has 1 saturated heterocycles. The molecule has 0 radical (unpaired) electrons. The highest BCUT2D eigenvalue weighted by atomic mass is 32.2. The van der Waals surface area contributed by atoms with Crippen LogP contribution >= 0.6 is 0 Å². The zero-order chi connectivity index (χ0) is 19.9. The molecule has 0 spiro atoms. The first-order valence-electron chi connectivity index (χ1n) is 9.31. The maximum absolute atomic E-state index is 13.1. The largest absolute Gasteiger partial charge is 0.325 e. The van der Waals surface area contributed by atoms with Gasteiger partial charge >= 0.3 is 0 Å². The van der Waals surface area contributed by atoms with Gasteiger partial charge in [0.2, 0.25) is 15.9 Å². The van der Waals surface area contributed by atoms with E-state index in [0.717, 1.165) is 25.7 Å². The predicted octanol–water partition coefficient (Wildman–Crippen LogP) is 2.34. The van der Waals surface area contributed by atoms with Gasteiger partial charge in [0.25, 0.3) is 0 Å². The Bertz CT molecular complexity index is 794. The molecule has 1 amide bonds. The van der Waals surface area contributed by atoms with Crippen LogP contribution in [0.2, 0.25) is 0 Å². The Morgan fingerprint density at radius 2 is 1.93 bits per heavy atom. The van der Waals surface area contributed by atoms with Crippen LogP contribution in [0.1, 0.15) is 37.7 Å². The highest BCUT2D eigenvalue weighted by molar-refractivity contribution is 7.89. The van der Waals surface area contributed by atoms with Crippen molar-refractivity contribution < 1.29 is 13.2 Å². The number of hydrogen-bond acceptors (Lipinski definition) is 5. The molecule has 1 N–H and O–H groups in total. The molecule has 8 heteroatoms. The zero-order valence-electron chi connectivity index (χ0n) is 16.1. The van der Waals surface area contributed by atoms with Crippen molar-refractivity contribution in [1.29, 1.82) is 5.26 Å². The van der Waals surface area contributed by atoms with E-state index in [1.165, 1.54) is 0 Å². The van der Waals surface area contributed by atoms with Gasteiger partial charge in [-0.1, -0.05) is 18.9 Å². The van der Waals surface area contributed by atoms with Gasteiger partial charge in [-0.2, -0.15) is 9.57 Å². The van der Waals surface area contributed by atoms with Crippen LogP contribution in [0.4, 0.5) is 5.69 Å². The summed E-state index contributed by atoms with van der Waals surface area (Å²) in [6.45, 7) is 3.51. The number of aryl methyl sites for hydroxylation is 1. The molecule has 1 heterocycles. The summed E-state index contributed by atoms with van der Waals surface area (Å²) in [4.78, 5) is 14.2. The average molecular weight is 393 g/mol. The van der Waals surface area contributed by atoms with Gasteiger partial charge in [-0.15, -0.1) is 0 Å². The van der Waals surface area contributed by atoms with Crippen molar-refractivity contribution in [2.75, 3.05) is 38.5 Å². The van der Waals surface area contributed by atoms with Crippen LogP contribution in [0.15, 0.2) is 23.1 Å². The lowest BCUT2D eigenvalue weighted by Crippen LogP contribution is -2.33. The Hall–Kier alpha value is -1.95. The molecular weight excluding hydrogens is 364 g/mol. The van der Waals surface area contributed by atoms with Gasteiger partial charge < -0.3 is 5.32 Å². The second-order valence-electron chi connectivity index (χ2n) is 6.99. The average Bonchev–Trinajstić information content (AvgIpc) is 2.91. The quantitative estimate of drug-likeness (QED) is 0.769. The molecule has 1 aliphatic heterocycles. The number of amides is 1. The Morgan fingerprint density at radius 3 is 2.56 bits per heavy atom. The fourth-order valence-electron chi connectivity index (χ4n) is 3.14. The maximum atomic E-state index is 13.1. The highest BCUT2D eigenvalue weighted by Crippen LogP contribution is 2.25. The third kappa shape index (κ3) is 6.03. The number of sulfonamides is 1. The summed E-state index contributed by atoms with van der Waals surface area (Å²) in [5, 5.41) is 11.4. The van der Waals surface area contributed by atoms with Gasteiger partial charge in [-0.3, -0.25) is 9.69 Å². The van der Waals surface area contributed by atoms with Crippen molar-refractivity contribution in [2.45, 2.75) is 43.9 Å². The molecule has 2 rings (SSSR count). The lowest BCUT2D eigenvalue weighted by atomic mass is 10.2. The van der Waals surface area contributed by atoms with Gasteiger partial charge in [0.1, 0.15) is 0 Å². The fourth-order valence-corrected chi connectivity index (χ4v) is 4.91. The Kier molecular flexibility index (Phi) is 7.78.